The zero-order chi connectivity index (χ0) is 11.3. The van der Waals surface area contributed by atoms with Gasteiger partial charge in [0, 0.05) is 39.3 Å². The quantitative estimate of drug-likeness (QED) is 0.740. The molecule has 1 aliphatic rings. The van der Waals surface area contributed by atoms with Crippen LogP contribution < -0.4 is 0 Å². The number of hydrogen-bond acceptors (Lipinski definition) is 3. The third kappa shape index (κ3) is 5.50. The third-order valence-corrected chi connectivity index (χ3v) is 2.95. The highest BCUT2D eigenvalue weighted by Crippen LogP contribution is 2.06. The summed E-state index contributed by atoms with van der Waals surface area (Å²) in [5, 5.41) is 9.22. The van der Waals surface area contributed by atoms with E-state index in [0.717, 1.165) is 18.9 Å². The fourth-order valence-corrected chi connectivity index (χ4v) is 2.08. The van der Waals surface area contributed by atoms with Crippen LogP contribution in [0.25, 0.3) is 0 Å². The van der Waals surface area contributed by atoms with E-state index in [2.05, 4.69) is 23.6 Å². The minimum absolute atomic E-state index is 0.154. The summed E-state index contributed by atoms with van der Waals surface area (Å²) in [6.45, 7) is 13.4. The van der Waals surface area contributed by atoms with Gasteiger partial charge >= 0.3 is 0 Å². The predicted molar refractivity (Wildman–Crippen MR) is 64.0 cm³/mol. The van der Waals surface area contributed by atoms with E-state index in [0.29, 0.717) is 0 Å². The van der Waals surface area contributed by atoms with Crippen molar-refractivity contribution in [1.29, 1.82) is 0 Å². The Morgan fingerprint density at radius 2 is 1.53 bits per heavy atom. The predicted octanol–water partition coefficient (Wildman–Crippen LogP) is 1.03. The first-order chi connectivity index (χ1) is 7.08. The molecule has 3 nitrogen and oxygen atoms in total. The van der Waals surface area contributed by atoms with Crippen LogP contribution >= 0.6 is 0 Å². The lowest BCUT2D eigenvalue weighted by molar-refractivity contribution is 0.102. The van der Waals surface area contributed by atoms with Gasteiger partial charge in [0.2, 0.25) is 0 Å². The highest BCUT2D eigenvalue weighted by Gasteiger charge is 2.17. The lowest BCUT2D eigenvalue weighted by Gasteiger charge is -2.35. The van der Waals surface area contributed by atoms with Gasteiger partial charge in [-0.15, -0.1) is 0 Å². The Morgan fingerprint density at radius 3 is 2.00 bits per heavy atom. The van der Waals surface area contributed by atoms with Crippen molar-refractivity contribution < 1.29 is 5.11 Å². The van der Waals surface area contributed by atoms with Crippen LogP contribution in [0.3, 0.4) is 0 Å². The van der Waals surface area contributed by atoms with Gasteiger partial charge in [-0.05, 0) is 19.3 Å². The van der Waals surface area contributed by atoms with Gasteiger partial charge in [-0.3, -0.25) is 0 Å². The normalized spacial score (nSPS) is 22.2. The Balaban J connectivity index is 2.12. The van der Waals surface area contributed by atoms with Crippen molar-refractivity contribution in [1.82, 2.24) is 9.80 Å². The largest absolute Gasteiger partial charge is 0.393 e. The summed E-state index contributed by atoms with van der Waals surface area (Å²) in [5.74, 6) is 0.772. The molecule has 1 unspecified atom stereocenters. The highest BCUT2D eigenvalue weighted by atomic mass is 16.3. The summed E-state index contributed by atoms with van der Waals surface area (Å²) < 4.78 is 0. The number of nitrogens with zero attached hydrogens (tertiary/aromatic N) is 2. The second-order valence-electron chi connectivity index (χ2n) is 5.17. The molecule has 1 heterocycles. The van der Waals surface area contributed by atoms with Gasteiger partial charge in [0.1, 0.15) is 0 Å². The van der Waals surface area contributed by atoms with E-state index in [1.807, 2.05) is 6.92 Å². The van der Waals surface area contributed by atoms with Crippen LogP contribution in [0.15, 0.2) is 0 Å². The van der Waals surface area contributed by atoms with Crippen LogP contribution in [0.2, 0.25) is 0 Å². The Kier molecular flexibility index (Phi) is 5.58. The number of aliphatic hydroxyl groups excluding tert-OH is 1. The van der Waals surface area contributed by atoms with Crippen LogP contribution in [0.5, 0.6) is 0 Å². The SMILES string of the molecule is CC(C)CN1CCN(CCC(C)O)CC1. The van der Waals surface area contributed by atoms with E-state index < -0.39 is 0 Å². The molecule has 0 aromatic heterocycles. The van der Waals surface area contributed by atoms with E-state index in [9.17, 15) is 5.11 Å². The second kappa shape index (κ2) is 6.46. The molecule has 0 amide bonds. The van der Waals surface area contributed by atoms with Crippen molar-refractivity contribution in [2.24, 2.45) is 5.92 Å². The summed E-state index contributed by atoms with van der Waals surface area (Å²) in [6.07, 6.45) is 0.753. The van der Waals surface area contributed by atoms with Crippen LogP contribution in [0.1, 0.15) is 27.2 Å². The summed E-state index contributed by atoms with van der Waals surface area (Å²) in [6, 6.07) is 0. The van der Waals surface area contributed by atoms with E-state index in [4.69, 9.17) is 0 Å². The first kappa shape index (κ1) is 12.9. The molecule has 1 rings (SSSR count). The molecule has 0 spiro atoms. The molecule has 0 aromatic carbocycles. The van der Waals surface area contributed by atoms with Crippen molar-refractivity contribution in [2.75, 3.05) is 39.3 Å². The summed E-state index contributed by atoms with van der Waals surface area (Å²) in [4.78, 5) is 5.01. The topological polar surface area (TPSA) is 26.7 Å². The number of rotatable bonds is 5. The van der Waals surface area contributed by atoms with Gasteiger partial charge < -0.3 is 14.9 Å². The Bertz CT molecular complexity index is 163. The lowest BCUT2D eigenvalue weighted by atomic mass is 10.2. The van der Waals surface area contributed by atoms with Crippen molar-refractivity contribution in [3.05, 3.63) is 0 Å². The van der Waals surface area contributed by atoms with E-state index in [1.54, 1.807) is 0 Å². The fourth-order valence-electron chi connectivity index (χ4n) is 2.08. The molecule has 1 fully saturated rings. The molecule has 1 atom stereocenters. The third-order valence-electron chi connectivity index (χ3n) is 2.95. The average Bonchev–Trinajstić information content (AvgIpc) is 2.16. The lowest BCUT2D eigenvalue weighted by Crippen LogP contribution is -2.47. The fraction of sp³-hybridized carbons (Fsp3) is 1.00. The van der Waals surface area contributed by atoms with Crippen LogP contribution in [-0.4, -0.2) is 60.3 Å². The summed E-state index contributed by atoms with van der Waals surface area (Å²) in [7, 11) is 0. The summed E-state index contributed by atoms with van der Waals surface area (Å²) in [5.41, 5.74) is 0. The summed E-state index contributed by atoms with van der Waals surface area (Å²) >= 11 is 0. The van der Waals surface area contributed by atoms with Gasteiger partial charge in [0.15, 0.2) is 0 Å². The first-order valence-electron chi connectivity index (χ1n) is 6.20. The van der Waals surface area contributed by atoms with Crippen LogP contribution in [0.4, 0.5) is 0 Å². The average molecular weight is 214 g/mol. The first-order valence-corrected chi connectivity index (χ1v) is 6.20. The van der Waals surface area contributed by atoms with Crippen molar-refractivity contribution >= 4 is 0 Å². The van der Waals surface area contributed by atoms with E-state index >= 15 is 0 Å². The number of piperazine rings is 1. The molecule has 90 valence electrons. The maximum absolute atomic E-state index is 9.22. The molecule has 0 aliphatic carbocycles. The standard InChI is InChI=1S/C12H26N2O/c1-11(2)10-14-8-6-13(7-9-14)5-4-12(3)15/h11-12,15H,4-10H2,1-3H3. The molecule has 0 bridgehead atoms. The van der Waals surface area contributed by atoms with Crippen molar-refractivity contribution in [3.8, 4) is 0 Å². The van der Waals surface area contributed by atoms with Gasteiger partial charge in [-0.1, -0.05) is 13.8 Å². The molecule has 15 heavy (non-hydrogen) atoms. The minimum atomic E-state index is -0.154. The molecule has 1 aliphatic heterocycles. The molecule has 1 saturated heterocycles. The smallest absolute Gasteiger partial charge is 0.0524 e. The van der Waals surface area contributed by atoms with Crippen molar-refractivity contribution in [3.63, 3.8) is 0 Å². The molecule has 0 aromatic rings. The minimum Gasteiger partial charge on any atom is -0.393 e. The van der Waals surface area contributed by atoms with Crippen LogP contribution in [-0.2, 0) is 0 Å². The highest BCUT2D eigenvalue weighted by molar-refractivity contribution is 4.72. The molecule has 0 saturated carbocycles. The van der Waals surface area contributed by atoms with Crippen molar-refractivity contribution in [2.45, 2.75) is 33.3 Å². The van der Waals surface area contributed by atoms with E-state index in [-0.39, 0.29) is 6.10 Å². The zero-order valence-corrected chi connectivity index (χ0v) is 10.4. The molecule has 1 N–H and O–H groups in total. The molecule has 0 radical (unpaired) electrons. The van der Waals surface area contributed by atoms with E-state index in [1.165, 1.54) is 32.7 Å². The zero-order valence-electron chi connectivity index (χ0n) is 10.4. The Labute approximate surface area is 94.1 Å². The van der Waals surface area contributed by atoms with Crippen LogP contribution in [0, 0.1) is 5.92 Å². The number of hydrogen-bond donors (Lipinski definition) is 1. The van der Waals surface area contributed by atoms with Gasteiger partial charge in [-0.25, -0.2) is 0 Å². The Morgan fingerprint density at radius 1 is 1.00 bits per heavy atom. The number of aliphatic hydroxyl groups is 1. The maximum Gasteiger partial charge on any atom is 0.0524 e. The van der Waals surface area contributed by atoms with Gasteiger partial charge in [0.25, 0.3) is 0 Å². The van der Waals surface area contributed by atoms with Gasteiger partial charge in [-0.2, -0.15) is 0 Å². The second-order valence-corrected chi connectivity index (χ2v) is 5.17. The van der Waals surface area contributed by atoms with Gasteiger partial charge in [0.05, 0.1) is 6.10 Å². The monoisotopic (exact) mass is 214 g/mol. The molecular formula is C12H26N2O. The molecule has 3 heteroatoms. The maximum atomic E-state index is 9.22. The Hall–Kier alpha value is -0.120. The molecular weight excluding hydrogens is 188 g/mol.